The Hall–Kier alpha value is -0.740. The van der Waals surface area contributed by atoms with Crippen LogP contribution in [0.25, 0.3) is 0 Å². The van der Waals surface area contributed by atoms with Crippen LogP contribution in [-0.2, 0) is 0 Å². The summed E-state index contributed by atoms with van der Waals surface area (Å²) < 4.78 is 37.8. The molecule has 0 spiro atoms. The van der Waals surface area contributed by atoms with Crippen molar-refractivity contribution in [1.29, 1.82) is 0 Å². The van der Waals surface area contributed by atoms with Crippen LogP contribution in [0, 0.1) is 18.8 Å². The van der Waals surface area contributed by atoms with Crippen molar-refractivity contribution in [3.8, 4) is 0 Å². The molecule has 20 heavy (non-hydrogen) atoms. The first kappa shape index (κ1) is 15.6. The van der Waals surface area contributed by atoms with Crippen molar-refractivity contribution in [2.75, 3.05) is 0 Å². The molecule has 2 rings (SSSR count). The van der Waals surface area contributed by atoms with Gasteiger partial charge in [-0.25, -0.2) is 0 Å². The van der Waals surface area contributed by atoms with E-state index in [0.717, 1.165) is 5.56 Å². The van der Waals surface area contributed by atoms with E-state index in [2.05, 4.69) is 0 Å². The van der Waals surface area contributed by atoms with E-state index in [1.54, 1.807) is 12.1 Å². The first-order chi connectivity index (χ1) is 9.29. The molecular weight excluding hydrogens is 289 g/mol. The van der Waals surface area contributed by atoms with Crippen molar-refractivity contribution in [2.45, 2.75) is 44.9 Å². The number of hydrogen-bond donors (Lipinski definition) is 1. The van der Waals surface area contributed by atoms with Gasteiger partial charge in [0.1, 0.15) is 0 Å². The standard InChI is InChI=1S/C15H18ClF3O/c1-9-2-3-11(8-13(9)16)14(20)10-4-6-12(7-5-10)15(17,18)19/h2-3,8,10,12,14,20H,4-7H2,1H3. The second-order valence-corrected chi connectivity index (χ2v) is 6.01. The minimum Gasteiger partial charge on any atom is -0.388 e. The topological polar surface area (TPSA) is 20.2 Å². The quantitative estimate of drug-likeness (QED) is 0.810. The smallest absolute Gasteiger partial charge is 0.388 e. The molecule has 0 aromatic heterocycles. The number of aliphatic hydroxyl groups is 1. The van der Waals surface area contributed by atoms with Crippen LogP contribution in [0.15, 0.2) is 18.2 Å². The molecule has 1 aromatic rings. The van der Waals surface area contributed by atoms with Gasteiger partial charge in [-0.05, 0) is 55.7 Å². The molecule has 5 heteroatoms. The maximum atomic E-state index is 12.6. The Balaban J connectivity index is 2.01. The monoisotopic (exact) mass is 306 g/mol. The molecule has 0 aliphatic heterocycles. The summed E-state index contributed by atoms with van der Waals surface area (Å²) in [6.07, 6.45) is -3.84. The van der Waals surface area contributed by atoms with Gasteiger partial charge in [-0.15, -0.1) is 0 Å². The summed E-state index contributed by atoms with van der Waals surface area (Å²) in [5.74, 6) is -1.33. The molecule has 1 aliphatic carbocycles. The van der Waals surface area contributed by atoms with E-state index in [1.165, 1.54) is 0 Å². The third kappa shape index (κ3) is 3.47. The van der Waals surface area contributed by atoms with Crippen molar-refractivity contribution in [1.82, 2.24) is 0 Å². The van der Waals surface area contributed by atoms with Crippen molar-refractivity contribution < 1.29 is 18.3 Å². The first-order valence-corrected chi connectivity index (χ1v) is 7.17. The van der Waals surface area contributed by atoms with Gasteiger partial charge in [-0.1, -0.05) is 23.7 Å². The Bertz CT molecular complexity index is 465. The third-order valence-electron chi connectivity index (χ3n) is 4.22. The van der Waals surface area contributed by atoms with Crippen molar-refractivity contribution in [3.05, 3.63) is 34.3 Å². The molecule has 112 valence electrons. The summed E-state index contributed by atoms with van der Waals surface area (Å²) in [5, 5.41) is 10.9. The predicted octanol–water partition coefficient (Wildman–Crippen LogP) is 5.05. The van der Waals surface area contributed by atoms with Gasteiger partial charge in [0.05, 0.1) is 12.0 Å². The molecule has 1 nitrogen and oxygen atoms in total. The Morgan fingerprint density at radius 2 is 1.80 bits per heavy atom. The zero-order chi connectivity index (χ0) is 14.9. The molecular formula is C15H18ClF3O. The van der Waals surface area contributed by atoms with Crippen molar-refractivity contribution >= 4 is 11.6 Å². The molecule has 1 N–H and O–H groups in total. The number of rotatable bonds is 2. The number of halogens is 4. The Morgan fingerprint density at radius 1 is 1.20 bits per heavy atom. The second-order valence-electron chi connectivity index (χ2n) is 5.61. The van der Waals surface area contributed by atoms with Gasteiger partial charge in [0, 0.05) is 5.02 Å². The summed E-state index contributed by atoms with van der Waals surface area (Å²) in [7, 11) is 0. The predicted molar refractivity (Wildman–Crippen MR) is 72.7 cm³/mol. The average Bonchev–Trinajstić information content (AvgIpc) is 2.40. The SMILES string of the molecule is Cc1ccc(C(O)C2CCC(C(F)(F)F)CC2)cc1Cl. The zero-order valence-electron chi connectivity index (χ0n) is 11.3. The molecule has 1 aromatic carbocycles. The van der Waals surface area contributed by atoms with E-state index < -0.39 is 18.2 Å². The molecule has 1 aliphatic rings. The summed E-state index contributed by atoms with van der Waals surface area (Å²) in [5.41, 5.74) is 1.61. The molecule has 0 heterocycles. The number of alkyl halides is 3. The van der Waals surface area contributed by atoms with Gasteiger partial charge in [0.15, 0.2) is 0 Å². The average molecular weight is 307 g/mol. The molecule has 1 fully saturated rings. The van der Waals surface area contributed by atoms with E-state index in [0.29, 0.717) is 23.4 Å². The van der Waals surface area contributed by atoms with Crippen molar-refractivity contribution in [3.63, 3.8) is 0 Å². The first-order valence-electron chi connectivity index (χ1n) is 6.80. The van der Waals surface area contributed by atoms with Crippen LogP contribution in [0.2, 0.25) is 5.02 Å². The van der Waals surface area contributed by atoms with Crippen LogP contribution in [0.4, 0.5) is 13.2 Å². The lowest BCUT2D eigenvalue weighted by Crippen LogP contribution is -2.29. The molecule has 0 bridgehead atoms. The van der Waals surface area contributed by atoms with Crippen LogP contribution in [0.3, 0.4) is 0 Å². The van der Waals surface area contributed by atoms with Crippen LogP contribution >= 0.6 is 11.6 Å². The minimum absolute atomic E-state index is 0.102. The fraction of sp³-hybridized carbons (Fsp3) is 0.600. The zero-order valence-corrected chi connectivity index (χ0v) is 12.0. The summed E-state index contributed by atoms with van der Waals surface area (Å²) in [6, 6.07) is 5.32. The molecule has 1 unspecified atom stereocenters. The van der Waals surface area contributed by atoms with Crippen LogP contribution in [0.5, 0.6) is 0 Å². The van der Waals surface area contributed by atoms with Gasteiger partial charge in [-0.2, -0.15) is 13.2 Å². The fourth-order valence-electron chi connectivity index (χ4n) is 2.83. The van der Waals surface area contributed by atoms with Gasteiger partial charge < -0.3 is 5.11 Å². The molecule has 0 amide bonds. The number of benzene rings is 1. The maximum Gasteiger partial charge on any atom is 0.391 e. The van der Waals surface area contributed by atoms with Gasteiger partial charge in [0.25, 0.3) is 0 Å². The van der Waals surface area contributed by atoms with E-state index in [4.69, 9.17) is 11.6 Å². The van der Waals surface area contributed by atoms with E-state index in [9.17, 15) is 18.3 Å². The lowest BCUT2D eigenvalue weighted by molar-refractivity contribution is -0.185. The highest BCUT2D eigenvalue weighted by Crippen LogP contribution is 2.43. The number of aliphatic hydroxyl groups excluding tert-OH is 1. The summed E-state index contributed by atoms with van der Waals surface area (Å²) in [6.45, 7) is 1.87. The lowest BCUT2D eigenvalue weighted by atomic mass is 9.77. The van der Waals surface area contributed by atoms with Gasteiger partial charge in [0.2, 0.25) is 0 Å². The van der Waals surface area contributed by atoms with Crippen LogP contribution < -0.4 is 0 Å². The highest BCUT2D eigenvalue weighted by atomic mass is 35.5. The minimum atomic E-state index is -4.11. The van der Waals surface area contributed by atoms with E-state index in [-0.39, 0.29) is 18.8 Å². The lowest BCUT2D eigenvalue weighted by Gasteiger charge is -2.32. The van der Waals surface area contributed by atoms with Crippen LogP contribution in [0.1, 0.15) is 42.9 Å². The maximum absolute atomic E-state index is 12.6. The fourth-order valence-corrected chi connectivity index (χ4v) is 3.02. The Labute approximate surface area is 121 Å². The van der Waals surface area contributed by atoms with E-state index >= 15 is 0 Å². The van der Waals surface area contributed by atoms with Gasteiger partial charge >= 0.3 is 6.18 Å². The molecule has 0 radical (unpaired) electrons. The molecule has 1 atom stereocenters. The summed E-state index contributed by atoms with van der Waals surface area (Å²) >= 11 is 6.02. The number of hydrogen-bond acceptors (Lipinski definition) is 1. The largest absolute Gasteiger partial charge is 0.391 e. The van der Waals surface area contributed by atoms with E-state index in [1.807, 2.05) is 13.0 Å². The third-order valence-corrected chi connectivity index (χ3v) is 4.63. The number of aryl methyl sites for hydroxylation is 1. The highest BCUT2D eigenvalue weighted by Gasteiger charge is 2.42. The van der Waals surface area contributed by atoms with Gasteiger partial charge in [-0.3, -0.25) is 0 Å². The Kier molecular flexibility index (Phi) is 4.65. The Morgan fingerprint density at radius 3 is 2.30 bits per heavy atom. The second kappa shape index (κ2) is 5.94. The van der Waals surface area contributed by atoms with Crippen molar-refractivity contribution in [2.24, 2.45) is 11.8 Å². The highest BCUT2D eigenvalue weighted by molar-refractivity contribution is 6.31. The van der Waals surface area contributed by atoms with Crippen LogP contribution in [-0.4, -0.2) is 11.3 Å². The molecule has 0 saturated heterocycles. The summed E-state index contributed by atoms with van der Waals surface area (Å²) in [4.78, 5) is 0. The molecule has 1 saturated carbocycles. The normalized spacial score (nSPS) is 25.5.